The van der Waals surface area contributed by atoms with E-state index in [-0.39, 0.29) is 17.2 Å². The van der Waals surface area contributed by atoms with Crippen molar-refractivity contribution in [2.75, 3.05) is 45.1 Å². The number of carbonyl (C=O) groups excluding carboxylic acids is 1. The third-order valence-corrected chi connectivity index (χ3v) is 7.70. The van der Waals surface area contributed by atoms with E-state index in [1.165, 1.54) is 28.6 Å². The highest BCUT2D eigenvalue weighted by atomic mass is 32.2. The number of aromatic nitrogens is 2. The van der Waals surface area contributed by atoms with Crippen molar-refractivity contribution in [1.29, 1.82) is 0 Å². The van der Waals surface area contributed by atoms with Gasteiger partial charge in [0.1, 0.15) is 4.83 Å². The Kier molecular flexibility index (Phi) is 7.24. The molecule has 30 heavy (non-hydrogen) atoms. The number of amides is 1. The van der Waals surface area contributed by atoms with Crippen LogP contribution >= 0.6 is 23.1 Å². The zero-order chi connectivity index (χ0) is 20.9. The summed E-state index contributed by atoms with van der Waals surface area (Å²) >= 11 is 2.96. The number of nitrogens with zero attached hydrogens (tertiary/aromatic N) is 3. The van der Waals surface area contributed by atoms with Crippen LogP contribution in [0.3, 0.4) is 0 Å². The number of hydrogen-bond acceptors (Lipinski definition) is 7. The number of allylic oxidation sites excluding steroid dienone is 1. The fourth-order valence-electron chi connectivity index (χ4n) is 3.98. The number of thioether (sulfide) groups is 1. The number of carbonyl (C=O) groups is 1. The highest BCUT2D eigenvalue weighted by molar-refractivity contribution is 7.99. The molecular formula is C21H28N4O3S2. The molecule has 0 spiro atoms. The second-order valence-electron chi connectivity index (χ2n) is 7.58. The zero-order valence-electron chi connectivity index (χ0n) is 17.2. The van der Waals surface area contributed by atoms with Crippen molar-refractivity contribution in [1.82, 2.24) is 19.8 Å². The first-order valence-corrected chi connectivity index (χ1v) is 12.3. The topological polar surface area (TPSA) is 76.5 Å². The molecular weight excluding hydrogens is 420 g/mol. The normalized spacial score (nSPS) is 17.1. The van der Waals surface area contributed by atoms with Gasteiger partial charge in [0.25, 0.3) is 5.56 Å². The molecule has 0 atom stereocenters. The van der Waals surface area contributed by atoms with Crippen LogP contribution in [0.4, 0.5) is 0 Å². The summed E-state index contributed by atoms with van der Waals surface area (Å²) in [4.78, 5) is 34.7. The highest BCUT2D eigenvalue weighted by Crippen LogP contribution is 2.34. The van der Waals surface area contributed by atoms with Crippen molar-refractivity contribution in [2.24, 2.45) is 0 Å². The summed E-state index contributed by atoms with van der Waals surface area (Å²) in [5, 5.41) is 4.33. The van der Waals surface area contributed by atoms with Gasteiger partial charge < -0.3 is 10.1 Å². The molecule has 2 aliphatic rings. The van der Waals surface area contributed by atoms with Crippen LogP contribution in [0.5, 0.6) is 0 Å². The molecule has 9 heteroatoms. The molecule has 0 radical (unpaired) electrons. The number of fused-ring (bicyclic) bond motifs is 3. The number of aryl methyl sites for hydroxylation is 2. The van der Waals surface area contributed by atoms with E-state index in [1.54, 1.807) is 22.0 Å². The third-order valence-electron chi connectivity index (χ3n) is 5.54. The van der Waals surface area contributed by atoms with Crippen molar-refractivity contribution in [3.63, 3.8) is 0 Å². The lowest BCUT2D eigenvalue weighted by molar-refractivity contribution is -0.118. The van der Waals surface area contributed by atoms with Gasteiger partial charge in [-0.15, -0.1) is 17.9 Å². The van der Waals surface area contributed by atoms with Crippen molar-refractivity contribution in [3.8, 4) is 0 Å². The Labute approximate surface area is 184 Å². The standard InChI is InChI=1S/C21H28N4O3S2/c1-2-8-25-20(27)18-15-5-3-4-6-16(15)30-19(18)23-21(25)29-14-17(26)22-7-9-24-10-12-28-13-11-24/h2H,1,3-14H2,(H,22,26). The Hall–Kier alpha value is -1.68. The predicted octanol–water partition coefficient (Wildman–Crippen LogP) is 2.06. The minimum absolute atomic E-state index is 0.00507. The van der Waals surface area contributed by atoms with Crippen molar-refractivity contribution >= 4 is 39.2 Å². The van der Waals surface area contributed by atoms with Crippen molar-refractivity contribution < 1.29 is 9.53 Å². The van der Waals surface area contributed by atoms with Crippen LogP contribution in [-0.4, -0.2) is 65.5 Å². The molecule has 7 nitrogen and oxygen atoms in total. The molecule has 1 saturated heterocycles. The maximum absolute atomic E-state index is 13.2. The molecule has 1 amide bonds. The van der Waals surface area contributed by atoms with E-state index in [9.17, 15) is 9.59 Å². The summed E-state index contributed by atoms with van der Waals surface area (Å²) in [7, 11) is 0. The van der Waals surface area contributed by atoms with Gasteiger partial charge in [0, 0.05) is 37.6 Å². The van der Waals surface area contributed by atoms with E-state index in [4.69, 9.17) is 9.72 Å². The Morgan fingerprint density at radius 2 is 2.10 bits per heavy atom. The van der Waals surface area contributed by atoms with Gasteiger partial charge in [-0.1, -0.05) is 17.8 Å². The molecule has 0 aromatic carbocycles. The quantitative estimate of drug-likeness (QED) is 0.379. The summed E-state index contributed by atoms with van der Waals surface area (Å²) in [5.41, 5.74) is 1.18. The van der Waals surface area contributed by atoms with Gasteiger partial charge in [-0.05, 0) is 31.2 Å². The largest absolute Gasteiger partial charge is 0.379 e. The van der Waals surface area contributed by atoms with Gasteiger partial charge in [-0.25, -0.2) is 4.98 Å². The van der Waals surface area contributed by atoms with E-state index in [1.807, 2.05) is 0 Å². The second kappa shape index (κ2) is 10.1. The van der Waals surface area contributed by atoms with Crippen LogP contribution in [0, 0.1) is 0 Å². The molecule has 0 bridgehead atoms. The molecule has 2 aromatic rings. The Balaban J connectivity index is 1.43. The van der Waals surface area contributed by atoms with Gasteiger partial charge in [0.05, 0.1) is 24.4 Å². The number of nitrogens with one attached hydrogen (secondary N) is 1. The van der Waals surface area contributed by atoms with E-state index in [2.05, 4.69) is 16.8 Å². The van der Waals surface area contributed by atoms with Gasteiger partial charge in [0.2, 0.25) is 5.91 Å². The summed E-state index contributed by atoms with van der Waals surface area (Å²) in [5.74, 6) is 0.196. The first kappa shape index (κ1) is 21.5. The fraction of sp³-hybridized carbons (Fsp3) is 0.571. The number of ether oxygens (including phenoxy) is 1. The molecule has 162 valence electrons. The first-order valence-electron chi connectivity index (χ1n) is 10.5. The van der Waals surface area contributed by atoms with Gasteiger partial charge >= 0.3 is 0 Å². The predicted molar refractivity (Wildman–Crippen MR) is 122 cm³/mol. The third kappa shape index (κ3) is 4.80. The smallest absolute Gasteiger partial charge is 0.263 e. The van der Waals surface area contributed by atoms with Gasteiger partial charge in [-0.3, -0.25) is 19.1 Å². The molecule has 2 aromatic heterocycles. The van der Waals surface area contributed by atoms with Crippen LogP contribution in [0.2, 0.25) is 0 Å². The lowest BCUT2D eigenvalue weighted by atomic mass is 9.97. The second-order valence-corrected chi connectivity index (χ2v) is 9.61. The lowest BCUT2D eigenvalue weighted by Crippen LogP contribution is -2.41. The van der Waals surface area contributed by atoms with Crippen molar-refractivity contribution in [3.05, 3.63) is 33.4 Å². The number of hydrogen-bond donors (Lipinski definition) is 1. The minimum Gasteiger partial charge on any atom is -0.379 e. The van der Waals surface area contributed by atoms with Crippen LogP contribution in [-0.2, 0) is 28.9 Å². The molecule has 4 rings (SSSR count). The average molecular weight is 449 g/mol. The maximum atomic E-state index is 13.2. The minimum atomic E-state index is -0.0433. The fourth-order valence-corrected chi connectivity index (χ4v) is 6.12. The summed E-state index contributed by atoms with van der Waals surface area (Å²) < 4.78 is 6.99. The van der Waals surface area contributed by atoms with Crippen molar-refractivity contribution in [2.45, 2.75) is 37.4 Å². The zero-order valence-corrected chi connectivity index (χ0v) is 18.8. The highest BCUT2D eigenvalue weighted by Gasteiger charge is 2.22. The maximum Gasteiger partial charge on any atom is 0.263 e. The first-order chi connectivity index (χ1) is 14.7. The molecule has 1 N–H and O–H groups in total. The van der Waals surface area contributed by atoms with E-state index >= 15 is 0 Å². The van der Waals surface area contributed by atoms with Crippen LogP contribution < -0.4 is 10.9 Å². The van der Waals surface area contributed by atoms with Gasteiger partial charge in [0.15, 0.2) is 5.16 Å². The molecule has 0 unspecified atom stereocenters. The monoisotopic (exact) mass is 448 g/mol. The SMILES string of the molecule is C=CCn1c(SCC(=O)NCCN2CCOCC2)nc2sc3c(c2c1=O)CCCC3. The summed E-state index contributed by atoms with van der Waals surface area (Å²) in [6, 6.07) is 0. The van der Waals surface area contributed by atoms with E-state index in [0.717, 1.165) is 62.3 Å². The molecule has 1 aliphatic heterocycles. The summed E-state index contributed by atoms with van der Waals surface area (Å²) in [6.45, 7) is 8.95. The van der Waals surface area contributed by atoms with E-state index in [0.29, 0.717) is 18.2 Å². The average Bonchev–Trinajstić information content (AvgIpc) is 3.14. The summed E-state index contributed by atoms with van der Waals surface area (Å²) in [6.07, 6.45) is 6.00. The Morgan fingerprint density at radius 1 is 1.30 bits per heavy atom. The molecule has 1 aliphatic carbocycles. The van der Waals surface area contributed by atoms with E-state index < -0.39 is 0 Å². The van der Waals surface area contributed by atoms with Crippen LogP contribution in [0.15, 0.2) is 22.6 Å². The Bertz CT molecular complexity index is 979. The molecule has 1 fully saturated rings. The van der Waals surface area contributed by atoms with Crippen LogP contribution in [0.1, 0.15) is 23.3 Å². The number of thiophene rings is 1. The molecule has 3 heterocycles. The van der Waals surface area contributed by atoms with Gasteiger partial charge in [-0.2, -0.15) is 0 Å². The Morgan fingerprint density at radius 3 is 2.90 bits per heavy atom. The lowest BCUT2D eigenvalue weighted by Gasteiger charge is -2.26. The van der Waals surface area contributed by atoms with Crippen LogP contribution in [0.25, 0.3) is 10.2 Å². The number of rotatable bonds is 8. The molecule has 0 saturated carbocycles. The number of morpholine rings is 1.